The molecule has 2 rings (SSSR count). The molecule has 0 saturated carbocycles. The Morgan fingerprint density at radius 3 is 2.64 bits per heavy atom. The second kappa shape index (κ2) is 11.3. The van der Waals surface area contributed by atoms with Crippen molar-refractivity contribution in [1.29, 1.82) is 0 Å². The summed E-state index contributed by atoms with van der Waals surface area (Å²) in [6, 6.07) is 11.6. The number of thiophene rings is 1. The number of guanidine groups is 1. The first-order valence-electron chi connectivity index (χ1n) is 8.07. The average molecular weight is 475 g/mol. The fourth-order valence-electron chi connectivity index (χ4n) is 2.09. The minimum absolute atomic E-state index is 0. The van der Waals surface area contributed by atoms with Gasteiger partial charge in [0, 0.05) is 6.54 Å². The van der Waals surface area contributed by atoms with Crippen molar-refractivity contribution in [2.45, 2.75) is 19.4 Å². The smallest absolute Gasteiger partial charge is 0.191 e. The Balaban J connectivity index is 0.00000312. The zero-order valence-corrected chi connectivity index (χ0v) is 17.7. The lowest BCUT2D eigenvalue weighted by atomic mass is 10.00. The zero-order chi connectivity index (χ0) is 17.3. The molecule has 2 aromatic rings. The molecule has 0 fully saturated rings. The average Bonchev–Trinajstić information content (AvgIpc) is 3.13. The number of aliphatic hydroxyl groups is 1. The molecule has 1 heterocycles. The maximum absolute atomic E-state index is 10.5. The number of ether oxygens (including phenoxy) is 1. The van der Waals surface area contributed by atoms with Crippen molar-refractivity contribution in [1.82, 2.24) is 10.6 Å². The summed E-state index contributed by atoms with van der Waals surface area (Å²) in [5.74, 6) is 1.52. The van der Waals surface area contributed by atoms with Gasteiger partial charge in [0.2, 0.25) is 0 Å². The lowest BCUT2D eigenvalue weighted by Crippen LogP contribution is -2.40. The summed E-state index contributed by atoms with van der Waals surface area (Å²) in [5.41, 5.74) is -0.0809. The number of benzene rings is 1. The monoisotopic (exact) mass is 475 g/mol. The van der Waals surface area contributed by atoms with Crippen LogP contribution >= 0.6 is 35.3 Å². The van der Waals surface area contributed by atoms with Crippen molar-refractivity contribution < 1.29 is 9.84 Å². The van der Waals surface area contributed by atoms with Crippen LogP contribution in [0.1, 0.15) is 19.4 Å². The highest BCUT2D eigenvalue weighted by atomic mass is 127. The standard InChI is InChI=1S/C18H25N3O2S.HI/c1-3-19-17(20-10-11-23-16-7-5-4-6-8-16)21-14-18(2,22)15-9-12-24-13-15;/h4-9,12-13,22H,3,10-11,14H2,1-2H3,(H2,19,20,21);1H. The maximum atomic E-state index is 10.5. The molecule has 0 aliphatic rings. The van der Waals surface area contributed by atoms with E-state index in [1.807, 2.05) is 54.1 Å². The fraction of sp³-hybridized carbons (Fsp3) is 0.389. The predicted molar refractivity (Wildman–Crippen MR) is 115 cm³/mol. The normalized spacial score (nSPS) is 13.5. The lowest BCUT2D eigenvalue weighted by Gasteiger charge is -2.21. The van der Waals surface area contributed by atoms with Gasteiger partial charge in [-0.25, -0.2) is 4.99 Å². The highest BCUT2D eigenvalue weighted by Gasteiger charge is 2.23. The Morgan fingerprint density at radius 1 is 1.24 bits per heavy atom. The number of hydrogen-bond donors (Lipinski definition) is 3. The van der Waals surface area contributed by atoms with Gasteiger partial charge in [-0.05, 0) is 48.4 Å². The van der Waals surface area contributed by atoms with Crippen molar-refractivity contribution in [2.75, 3.05) is 26.2 Å². The van der Waals surface area contributed by atoms with E-state index in [9.17, 15) is 5.11 Å². The molecule has 1 atom stereocenters. The number of nitrogens with one attached hydrogen (secondary N) is 2. The van der Waals surface area contributed by atoms with Crippen LogP contribution in [0.2, 0.25) is 0 Å². The van der Waals surface area contributed by atoms with Crippen LogP contribution in [0.3, 0.4) is 0 Å². The van der Waals surface area contributed by atoms with Crippen LogP contribution in [-0.2, 0) is 5.60 Å². The SMILES string of the molecule is CCNC(=NCC(C)(O)c1ccsc1)NCCOc1ccccc1.I. The van der Waals surface area contributed by atoms with Crippen molar-refractivity contribution in [3.05, 3.63) is 52.7 Å². The molecule has 0 aliphatic carbocycles. The van der Waals surface area contributed by atoms with Crippen LogP contribution in [-0.4, -0.2) is 37.3 Å². The number of nitrogens with zero attached hydrogens (tertiary/aromatic N) is 1. The van der Waals surface area contributed by atoms with Crippen LogP contribution in [0.25, 0.3) is 0 Å². The van der Waals surface area contributed by atoms with Gasteiger partial charge in [0.05, 0.1) is 13.1 Å². The molecule has 1 aromatic heterocycles. The highest BCUT2D eigenvalue weighted by molar-refractivity contribution is 14.0. The van der Waals surface area contributed by atoms with E-state index < -0.39 is 5.60 Å². The van der Waals surface area contributed by atoms with Gasteiger partial charge in [-0.3, -0.25) is 0 Å². The Bertz CT molecular complexity index is 619. The maximum Gasteiger partial charge on any atom is 0.191 e. The van der Waals surface area contributed by atoms with E-state index >= 15 is 0 Å². The Labute approximate surface area is 170 Å². The Morgan fingerprint density at radius 2 is 2.00 bits per heavy atom. The van der Waals surface area contributed by atoms with E-state index in [2.05, 4.69) is 15.6 Å². The summed E-state index contributed by atoms with van der Waals surface area (Å²) >= 11 is 1.57. The minimum atomic E-state index is -0.969. The molecule has 7 heteroatoms. The molecule has 5 nitrogen and oxygen atoms in total. The number of hydrogen-bond acceptors (Lipinski definition) is 4. The molecule has 0 aliphatic heterocycles. The van der Waals surface area contributed by atoms with Crippen molar-refractivity contribution in [3.63, 3.8) is 0 Å². The third-order valence-corrected chi connectivity index (χ3v) is 4.12. The van der Waals surface area contributed by atoms with Crippen LogP contribution in [0.4, 0.5) is 0 Å². The van der Waals surface area contributed by atoms with Gasteiger partial charge in [0.15, 0.2) is 5.96 Å². The van der Waals surface area contributed by atoms with Gasteiger partial charge in [0.1, 0.15) is 18.0 Å². The number of aliphatic imine (C=N–C) groups is 1. The van der Waals surface area contributed by atoms with E-state index in [0.717, 1.165) is 17.9 Å². The number of rotatable bonds is 8. The van der Waals surface area contributed by atoms with Gasteiger partial charge in [-0.15, -0.1) is 24.0 Å². The van der Waals surface area contributed by atoms with E-state index in [1.165, 1.54) is 0 Å². The molecule has 25 heavy (non-hydrogen) atoms. The second-order valence-corrected chi connectivity index (χ2v) is 6.35. The molecular weight excluding hydrogens is 449 g/mol. The van der Waals surface area contributed by atoms with Crippen LogP contribution in [0.5, 0.6) is 5.75 Å². The third-order valence-electron chi connectivity index (χ3n) is 3.44. The number of para-hydroxylation sites is 1. The van der Waals surface area contributed by atoms with Crippen LogP contribution in [0.15, 0.2) is 52.2 Å². The van der Waals surface area contributed by atoms with Gasteiger partial charge < -0.3 is 20.5 Å². The lowest BCUT2D eigenvalue weighted by molar-refractivity contribution is 0.0677. The molecular formula is C18H26IN3O2S. The first-order chi connectivity index (χ1) is 11.6. The summed E-state index contributed by atoms with van der Waals surface area (Å²) in [4.78, 5) is 4.48. The van der Waals surface area contributed by atoms with Gasteiger partial charge >= 0.3 is 0 Å². The Hall–Kier alpha value is -1.32. The van der Waals surface area contributed by atoms with Crippen LogP contribution in [0, 0.1) is 0 Å². The van der Waals surface area contributed by atoms with E-state index in [-0.39, 0.29) is 24.0 Å². The van der Waals surface area contributed by atoms with Crippen LogP contribution < -0.4 is 15.4 Å². The minimum Gasteiger partial charge on any atom is -0.492 e. The summed E-state index contributed by atoms with van der Waals surface area (Å²) in [6.45, 7) is 6.00. The largest absolute Gasteiger partial charge is 0.492 e. The van der Waals surface area contributed by atoms with Crippen molar-refractivity contribution in [3.8, 4) is 5.75 Å². The molecule has 0 amide bonds. The zero-order valence-electron chi connectivity index (χ0n) is 14.6. The molecule has 0 spiro atoms. The molecule has 1 aromatic carbocycles. The highest BCUT2D eigenvalue weighted by Crippen LogP contribution is 2.23. The summed E-state index contributed by atoms with van der Waals surface area (Å²) in [5, 5.41) is 20.8. The Kier molecular flexibility index (Phi) is 9.84. The fourth-order valence-corrected chi connectivity index (χ4v) is 2.87. The summed E-state index contributed by atoms with van der Waals surface area (Å²) in [7, 11) is 0. The van der Waals surface area contributed by atoms with E-state index in [0.29, 0.717) is 25.7 Å². The molecule has 1 unspecified atom stereocenters. The molecule has 138 valence electrons. The third kappa shape index (κ3) is 7.62. The van der Waals surface area contributed by atoms with E-state index in [4.69, 9.17) is 4.74 Å². The van der Waals surface area contributed by atoms with Gasteiger partial charge in [-0.1, -0.05) is 18.2 Å². The molecule has 0 bridgehead atoms. The first-order valence-corrected chi connectivity index (χ1v) is 9.01. The van der Waals surface area contributed by atoms with Gasteiger partial charge in [0.25, 0.3) is 0 Å². The first kappa shape index (κ1) is 21.7. The quantitative estimate of drug-likeness (QED) is 0.238. The molecule has 0 saturated heterocycles. The summed E-state index contributed by atoms with van der Waals surface area (Å²) in [6.07, 6.45) is 0. The second-order valence-electron chi connectivity index (χ2n) is 5.57. The topological polar surface area (TPSA) is 65.9 Å². The van der Waals surface area contributed by atoms with Crippen molar-refractivity contribution >= 4 is 41.3 Å². The molecule has 0 radical (unpaired) electrons. The van der Waals surface area contributed by atoms with E-state index in [1.54, 1.807) is 18.3 Å². The summed E-state index contributed by atoms with van der Waals surface area (Å²) < 4.78 is 5.65. The number of halogens is 1. The predicted octanol–water partition coefficient (Wildman–Crippen LogP) is 3.21. The molecule has 3 N–H and O–H groups in total. The van der Waals surface area contributed by atoms with Gasteiger partial charge in [-0.2, -0.15) is 11.3 Å². The van der Waals surface area contributed by atoms with Crippen molar-refractivity contribution in [2.24, 2.45) is 4.99 Å².